The minimum atomic E-state index is -4.75. The number of allylic oxidation sites excluding steroid dienone is 3. The fourth-order valence-electron chi connectivity index (χ4n) is 5.01. The van der Waals surface area contributed by atoms with Crippen molar-refractivity contribution in [3.63, 3.8) is 0 Å². The summed E-state index contributed by atoms with van der Waals surface area (Å²) < 4.78 is 39.0. The van der Waals surface area contributed by atoms with Crippen LogP contribution in [-0.4, -0.2) is 41.3 Å². The molecule has 3 aliphatic rings. The third-order valence-corrected chi connectivity index (χ3v) is 6.76. The standard InChI is InChI=1S/C25H30F3N3O2/c1-3-4-12-30(15-22(32)25(26,27)28)24(33)19-11-10-17-13-21-20(16(2)23(17)19)14-29-31(21)18-8-6-5-7-9-18/h5-9,13-14,16,19,22,29,32H,3-4,10-12,15H2,1-2H3/t16-,19-,22+/m0/s1. The molecule has 1 heterocycles. The number of fused-ring (bicyclic) bond motifs is 1. The largest absolute Gasteiger partial charge is 0.416 e. The van der Waals surface area contributed by atoms with Crippen LogP contribution in [0.15, 0.2) is 65.0 Å². The number of carbonyl (C=O) groups is 1. The number of alkyl halides is 3. The highest BCUT2D eigenvalue weighted by atomic mass is 19.4. The van der Waals surface area contributed by atoms with E-state index in [1.54, 1.807) is 0 Å². The second kappa shape index (κ2) is 9.25. The molecule has 3 atom stereocenters. The van der Waals surface area contributed by atoms with Gasteiger partial charge in [-0.15, -0.1) is 0 Å². The van der Waals surface area contributed by atoms with Gasteiger partial charge in [-0.25, -0.2) is 0 Å². The van der Waals surface area contributed by atoms with Gasteiger partial charge in [-0.3, -0.25) is 9.80 Å². The van der Waals surface area contributed by atoms with Crippen molar-refractivity contribution in [3.8, 4) is 0 Å². The lowest BCUT2D eigenvalue weighted by atomic mass is 9.80. The number of nitrogens with one attached hydrogen (secondary N) is 1. The number of hydrogen-bond acceptors (Lipinski definition) is 4. The monoisotopic (exact) mass is 461 g/mol. The molecule has 0 spiro atoms. The predicted molar refractivity (Wildman–Crippen MR) is 121 cm³/mol. The number of hydrogen-bond donors (Lipinski definition) is 2. The topological polar surface area (TPSA) is 55.8 Å². The van der Waals surface area contributed by atoms with Crippen molar-refractivity contribution < 1.29 is 23.1 Å². The van der Waals surface area contributed by atoms with Crippen LogP contribution in [-0.2, 0) is 4.79 Å². The lowest BCUT2D eigenvalue weighted by Gasteiger charge is -2.33. The second-order valence-electron chi connectivity index (χ2n) is 8.92. The van der Waals surface area contributed by atoms with Gasteiger partial charge >= 0.3 is 6.18 Å². The highest BCUT2D eigenvalue weighted by Gasteiger charge is 2.44. The highest BCUT2D eigenvalue weighted by Crippen LogP contribution is 2.48. The molecule has 8 heteroatoms. The third-order valence-electron chi connectivity index (χ3n) is 6.76. The normalized spacial score (nSPS) is 22.9. The highest BCUT2D eigenvalue weighted by molar-refractivity contribution is 5.84. The lowest BCUT2D eigenvalue weighted by Crippen LogP contribution is -2.46. The van der Waals surface area contributed by atoms with Crippen LogP contribution >= 0.6 is 0 Å². The molecule has 0 bridgehead atoms. The number of benzene rings is 1. The summed E-state index contributed by atoms with van der Waals surface area (Å²) in [6.07, 6.45) is -0.617. The van der Waals surface area contributed by atoms with Crippen molar-refractivity contribution in [3.05, 3.63) is 65.0 Å². The summed E-state index contributed by atoms with van der Waals surface area (Å²) in [4.78, 5) is 14.7. The first kappa shape index (κ1) is 23.4. The Bertz CT molecular complexity index is 984. The minimum absolute atomic E-state index is 0.0294. The molecular weight excluding hydrogens is 431 g/mol. The Kier molecular flexibility index (Phi) is 6.56. The summed E-state index contributed by atoms with van der Waals surface area (Å²) >= 11 is 0. The van der Waals surface area contributed by atoms with E-state index in [0.717, 1.165) is 34.5 Å². The van der Waals surface area contributed by atoms with Gasteiger partial charge in [0.25, 0.3) is 0 Å². The van der Waals surface area contributed by atoms with Crippen molar-refractivity contribution in [2.24, 2.45) is 11.8 Å². The molecule has 2 N–H and O–H groups in total. The molecule has 1 aromatic carbocycles. The van der Waals surface area contributed by atoms with E-state index in [0.29, 0.717) is 19.3 Å². The Morgan fingerprint density at radius 3 is 2.70 bits per heavy atom. The number of nitrogens with zero attached hydrogens (tertiary/aromatic N) is 2. The smallest absolute Gasteiger partial charge is 0.382 e. The van der Waals surface area contributed by atoms with Crippen molar-refractivity contribution in [1.29, 1.82) is 0 Å². The predicted octanol–water partition coefficient (Wildman–Crippen LogP) is 4.69. The first-order valence-electron chi connectivity index (χ1n) is 11.5. The maximum Gasteiger partial charge on any atom is 0.416 e. The molecule has 0 radical (unpaired) electrons. The van der Waals surface area contributed by atoms with Crippen LogP contribution in [0.5, 0.6) is 0 Å². The Hall–Kier alpha value is -2.74. The number of rotatable bonds is 7. The quantitative estimate of drug-likeness (QED) is 0.619. The van der Waals surface area contributed by atoms with Crippen molar-refractivity contribution in [2.45, 2.75) is 51.8 Å². The van der Waals surface area contributed by atoms with E-state index in [-0.39, 0.29) is 18.4 Å². The average molecular weight is 462 g/mol. The Balaban J connectivity index is 1.60. The van der Waals surface area contributed by atoms with Crippen LogP contribution in [0.1, 0.15) is 39.5 Å². The van der Waals surface area contributed by atoms with E-state index in [2.05, 4.69) is 18.4 Å². The van der Waals surface area contributed by atoms with E-state index in [4.69, 9.17) is 0 Å². The summed E-state index contributed by atoms with van der Waals surface area (Å²) in [6, 6.07) is 9.92. The maximum absolute atomic E-state index is 13.4. The Morgan fingerprint density at radius 2 is 2.03 bits per heavy atom. The second-order valence-corrected chi connectivity index (χ2v) is 8.92. The van der Waals surface area contributed by atoms with Gasteiger partial charge in [-0.1, -0.05) is 38.5 Å². The van der Waals surface area contributed by atoms with Crippen LogP contribution < -0.4 is 10.4 Å². The molecule has 1 aliphatic heterocycles. The number of aliphatic hydroxyl groups excluding tert-OH is 1. The van der Waals surface area contributed by atoms with Gasteiger partial charge in [0.15, 0.2) is 6.10 Å². The Morgan fingerprint density at radius 1 is 1.30 bits per heavy atom. The number of para-hydroxylation sites is 1. The zero-order valence-corrected chi connectivity index (χ0v) is 18.9. The molecule has 0 unspecified atom stereocenters. The first-order chi connectivity index (χ1) is 15.7. The Labute approximate surface area is 192 Å². The van der Waals surface area contributed by atoms with Gasteiger partial charge in [-0.05, 0) is 48.6 Å². The number of aliphatic hydroxyl groups is 1. The van der Waals surface area contributed by atoms with Crippen LogP contribution in [0.25, 0.3) is 0 Å². The number of unbranched alkanes of at least 4 members (excludes halogenated alkanes) is 1. The number of amides is 1. The van der Waals surface area contributed by atoms with Crippen molar-refractivity contribution in [2.75, 3.05) is 18.1 Å². The fourth-order valence-corrected chi connectivity index (χ4v) is 5.01. The molecule has 1 amide bonds. The van der Waals surface area contributed by atoms with E-state index in [1.165, 1.54) is 4.90 Å². The zero-order chi connectivity index (χ0) is 23.8. The summed E-state index contributed by atoms with van der Waals surface area (Å²) in [6.45, 7) is 3.47. The molecule has 0 aromatic heterocycles. The molecule has 178 valence electrons. The van der Waals surface area contributed by atoms with E-state index in [9.17, 15) is 23.1 Å². The SMILES string of the molecule is CCCCN(C[C@@H](O)C(F)(F)F)C(=O)[C@H]1CCC2=C1[C@@H](C)C1=CNN(c3ccccc3)C1=C2. The zero-order valence-electron chi connectivity index (χ0n) is 18.9. The molecule has 0 saturated carbocycles. The number of carbonyl (C=O) groups excluding carboxylic acids is 1. The van der Waals surface area contributed by atoms with Gasteiger partial charge in [0.2, 0.25) is 5.91 Å². The minimum Gasteiger partial charge on any atom is -0.382 e. The van der Waals surface area contributed by atoms with Crippen LogP contribution in [0.2, 0.25) is 0 Å². The van der Waals surface area contributed by atoms with Crippen LogP contribution in [0.3, 0.4) is 0 Å². The molecular formula is C25H30F3N3O2. The molecule has 0 fully saturated rings. The van der Waals surface area contributed by atoms with E-state index in [1.807, 2.05) is 48.5 Å². The molecule has 33 heavy (non-hydrogen) atoms. The summed E-state index contributed by atoms with van der Waals surface area (Å²) in [5.74, 6) is -0.804. The van der Waals surface area contributed by atoms with Gasteiger partial charge in [0.05, 0.1) is 23.8 Å². The third kappa shape index (κ3) is 4.53. The van der Waals surface area contributed by atoms with Crippen LogP contribution in [0, 0.1) is 11.8 Å². The number of anilines is 1. The van der Waals surface area contributed by atoms with Crippen molar-refractivity contribution >= 4 is 11.6 Å². The van der Waals surface area contributed by atoms with Crippen molar-refractivity contribution in [1.82, 2.24) is 10.3 Å². The van der Waals surface area contributed by atoms with Gasteiger partial charge in [-0.2, -0.15) is 13.2 Å². The van der Waals surface area contributed by atoms with E-state index >= 15 is 0 Å². The summed E-state index contributed by atoms with van der Waals surface area (Å²) in [5, 5.41) is 11.6. The summed E-state index contributed by atoms with van der Waals surface area (Å²) in [7, 11) is 0. The number of hydrazine groups is 1. The number of halogens is 3. The summed E-state index contributed by atoms with van der Waals surface area (Å²) in [5.41, 5.74) is 8.48. The molecule has 5 nitrogen and oxygen atoms in total. The molecule has 4 rings (SSSR count). The lowest BCUT2D eigenvalue weighted by molar-refractivity contribution is -0.208. The van der Waals surface area contributed by atoms with E-state index < -0.39 is 24.7 Å². The van der Waals surface area contributed by atoms with Gasteiger partial charge in [0.1, 0.15) is 0 Å². The average Bonchev–Trinajstić information content (AvgIpc) is 3.41. The molecule has 0 saturated heterocycles. The van der Waals surface area contributed by atoms with Crippen LogP contribution in [0.4, 0.5) is 18.9 Å². The molecule has 1 aromatic rings. The maximum atomic E-state index is 13.4. The fraction of sp³-hybridized carbons (Fsp3) is 0.480. The van der Waals surface area contributed by atoms with Gasteiger partial charge < -0.3 is 15.4 Å². The van der Waals surface area contributed by atoms with Gasteiger partial charge in [0, 0.05) is 24.2 Å². The molecule has 2 aliphatic carbocycles. The first-order valence-corrected chi connectivity index (χ1v) is 11.5.